The maximum absolute atomic E-state index is 12.8. The molecule has 1 amide bonds. The average Bonchev–Trinajstić information content (AvgIpc) is 3.07. The number of halogens is 2. The molecule has 3 aromatic rings. The molecule has 0 N–H and O–H groups in total. The highest BCUT2D eigenvalue weighted by atomic mass is 35.5. The minimum Gasteiger partial charge on any atom is -0.370 e. The predicted octanol–water partition coefficient (Wildman–Crippen LogP) is 3.25. The first kappa shape index (κ1) is 16.3. The van der Waals surface area contributed by atoms with Crippen molar-refractivity contribution in [2.45, 2.75) is 6.10 Å². The molecule has 1 fully saturated rings. The molecule has 0 unspecified atom stereocenters. The Morgan fingerprint density at radius 1 is 1.28 bits per heavy atom. The first-order valence-corrected chi connectivity index (χ1v) is 8.53. The van der Waals surface area contributed by atoms with E-state index in [-0.39, 0.29) is 12.0 Å². The molecule has 2 aromatic heterocycles. The van der Waals surface area contributed by atoms with Crippen molar-refractivity contribution in [1.29, 1.82) is 0 Å². The fourth-order valence-electron chi connectivity index (χ4n) is 2.84. The second-order valence-electron chi connectivity index (χ2n) is 5.74. The second kappa shape index (κ2) is 6.63. The molecule has 1 saturated heterocycles. The number of fused-ring (bicyclic) bond motifs is 1. The van der Waals surface area contributed by atoms with Gasteiger partial charge >= 0.3 is 0 Å². The summed E-state index contributed by atoms with van der Waals surface area (Å²) in [5, 5.41) is 0.962. The third-order valence-electron chi connectivity index (χ3n) is 4.12. The van der Waals surface area contributed by atoms with Crippen LogP contribution in [0, 0.1) is 0 Å². The van der Waals surface area contributed by atoms with Gasteiger partial charge in [0, 0.05) is 25.1 Å². The van der Waals surface area contributed by atoms with Gasteiger partial charge in [-0.2, -0.15) is 0 Å². The summed E-state index contributed by atoms with van der Waals surface area (Å²) in [5.41, 5.74) is 1.26. The molecular weight excluding hydrogens is 363 g/mol. The summed E-state index contributed by atoms with van der Waals surface area (Å²) in [4.78, 5) is 23.0. The molecule has 8 heteroatoms. The summed E-state index contributed by atoms with van der Waals surface area (Å²) in [7, 11) is 0. The molecule has 128 valence electrons. The van der Waals surface area contributed by atoms with Gasteiger partial charge in [0.25, 0.3) is 5.91 Å². The van der Waals surface area contributed by atoms with Gasteiger partial charge in [-0.15, -0.1) is 0 Å². The second-order valence-corrected chi connectivity index (χ2v) is 6.55. The number of imidazole rings is 1. The molecule has 0 aliphatic carbocycles. The van der Waals surface area contributed by atoms with E-state index in [2.05, 4.69) is 9.97 Å². The largest absolute Gasteiger partial charge is 0.370 e. The van der Waals surface area contributed by atoms with E-state index in [0.29, 0.717) is 41.2 Å². The lowest BCUT2D eigenvalue weighted by atomic mass is 10.1. The fourth-order valence-corrected chi connectivity index (χ4v) is 3.15. The van der Waals surface area contributed by atoms with E-state index in [4.69, 9.17) is 27.9 Å². The Balaban J connectivity index is 1.55. The van der Waals surface area contributed by atoms with Crippen molar-refractivity contribution in [3.63, 3.8) is 0 Å². The maximum atomic E-state index is 12.8. The zero-order valence-corrected chi connectivity index (χ0v) is 14.6. The van der Waals surface area contributed by atoms with E-state index in [9.17, 15) is 4.79 Å². The number of carbonyl (C=O) groups excluding carboxylic acids is 1. The predicted molar refractivity (Wildman–Crippen MR) is 94.0 cm³/mol. The van der Waals surface area contributed by atoms with Gasteiger partial charge in [-0.1, -0.05) is 29.3 Å². The summed E-state index contributed by atoms with van der Waals surface area (Å²) in [6.07, 6.45) is 4.90. The van der Waals surface area contributed by atoms with E-state index in [1.165, 1.54) is 0 Å². The van der Waals surface area contributed by atoms with Gasteiger partial charge in [-0.25, -0.2) is 9.97 Å². The summed E-state index contributed by atoms with van der Waals surface area (Å²) >= 11 is 12.0. The highest BCUT2D eigenvalue weighted by Gasteiger charge is 2.27. The monoisotopic (exact) mass is 376 g/mol. The first-order chi connectivity index (χ1) is 12.1. The zero-order chi connectivity index (χ0) is 17.4. The van der Waals surface area contributed by atoms with Gasteiger partial charge in [0.2, 0.25) is 5.78 Å². The van der Waals surface area contributed by atoms with E-state index >= 15 is 0 Å². The lowest BCUT2D eigenvalue weighted by Crippen LogP contribution is -2.42. The van der Waals surface area contributed by atoms with Gasteiger partial charge < -0.3 is 9.64 Å². The number of ether oxygens (including phenoxy) is 1. The van der Waals surface area contributed by atoms with Crippen LogP contribution < -0.4 is 0 Å². The minimum absolute atomic E-state index is 0.140. The summed E-state index contributed by atoms with van der Waals surface area (Å²) in [5.74, 6) is 0.360. The summed E-state index contributed by atoms with van der Waals surface area (Å²) < 4.78 is 7.53. The smallest absolute Gasteiger partial charge is 0.274 e. The molecule has 6 nitrogen and oxygen atoms in total. The molecule has 1 aliphatic heterocycles. The average molecular weight is 377 g/mol. The van der Waals surface area contributed by atoms with Crippen molar-refractivity contribution < 1.29 is 9.53 Å². The van der Waals surface area contributed by atoms with Crippen LogP contribution in [0.25, 0.3) is 5.78 Å². The third-order valence-corrected chi connectivity index (χ3v) is 4.86. The van der Waals surface area contributed by atoms with E-state index in [0.717, 1.165) is 5.56 Å². The topological polar surface area (TPSA) is 59.7 Å². The number of hydrogen-bond donors (Lipinski definition) is 0. The molecule has 0 radical (unpaired) electrons. The van der Waals surface area contributed by atoms with Crippen LogP contribution in [0.4, 0.5) is 0 Å². The van der Waals surface area contributed by atoms with Crippen LogP contribution in [-0.4, -0.2) is 44.9 Å². The highest BCUT2D eigenvalue weighted by molar-refractivity contribution is 6.42. The summed E-state index contributed by atoms with van der Waals surface area (Å²) in [6, 6.07) is 7.16. The highest BCUT2D eigenvalue weighted by Crippen LogP contribution is 2.29. The van der Waals surface area contributed by atoms with Crippen LogP contribution in [0.2, 0.25) is 10.0 Å². The number of carbonyl (C=O) groups is 1. The van der Waals surface area contributed by atoms with Gasteiger partial charge in [-0.3, -0.25) is 9.20 Å². The molecule has 3 heterocycles. The number of benzene rings is 1. The van der Waals surface area contributed by atoms with Crippen LogP contribution >= 0.6 is 23.2 Å². The van der Waals surface area contributed by atoms with Crippen molar-refractivity contribution >= 4 is 34.9 Å². The van der Waals surface area contributed by atoms with Gasteiger partial charge in [-0.05, 0) is 23.8 Å². The lowest BCUT2D eigenvalue weighted by molar-refractivity contribution is -0.0229. The first-order valence-electron chi connectivity index (χ1n) is 7.77. The van der Waals surface area contributed by atoms with Crippen molar-refractivity contribution in [3.05, 3.63) is 64.2 Å². The number of amides is 1. The van der Waals surface area contributed by atoms with Gasteiger partial charge in [0.15, 0.2) is 0 Å². The van der Waals surface area contributed by atoms with Crippen LogP contribution in [0.3, 0.4) is 0 Å². The Morgan fingerprint density at radius 2 is 2.16 bits per heavy atom. The number of aromatic nitrogens is 3. The summed E-state index contributed by atoms with van der Waals surface area (Å²) in [6.45, 7) is 1.39. The van der Waals surface area contributed by atoms with E-state index in [1.54, 1.807) is 39.9 Å². The molecule has 0 saturated carbocycles. The van der Waals surface area contributed by atoms with Crippen LogP contribution in [0.5, 0.6) is 0 Å². The molecule has 1 atom stereocenters. The van der Waals surface area contributed by atoms with Crippen LogP contribution in [0.1, 0.15) is 22.2 Å². The molecule has 0 spiro atoms. The Hall–Kier alpha value is -2.15. The van der Waals surface area contributed by atoms with Crippen LogP contribution in [-0.2, 0) is 4.74 Å². The Labute approximate surface area is 154 Å². The molecule has 0 bridgehead atoms. The van der Waals surface area contributed by atoms with Gasteiger partial charge in [0.1, 0.15) is 11.8 Å². The molecule has 25 heavy (non-hydrogen) atoms. The van der Waals surface area contributed by atoms with E-state index < -0.39 is 0 Å². The van der Waals surface area contributed by atoms with Crippen LogP contribution in [0.15, 0.2) is 42.9 Å². The normalized spacial score (nSPS) is 17.8. The zero-order valence-electron chi connectivity index (χ0n) is 13.1. The number of morpholine rings is 1. The van der Waals surface area contributed by atoms with Gasteiger partial charge in [0.05, 0.1) is 23.2 Å². The quantitative estimate of drug-likeness (QED) is 0.688. The van der Waals surface area contributed by atoms with E-state index in [1.807, 2.05) is 12.3 Å². The van der Waals surface area contributed by atoms with Crippen molar-refractivity contribution in [2.75, 3.05) is 19.7 Å². The minimum atomic E-state index is -0.248. The Morgan fingerprint density at radius 3 is 2.96 bits per heavy atom. The number of nitrogens with zero attached hydrogens (tertiary/aromatic N) is 4. The standard InChI is InChI=1S/C17H14Cl2N4O2/c18-12-3-2-11(8-13(12)19)15-10-22(6-7-25-15)16(24)14-9-23-5-1-4-20-17(23)21-14/h1-5,8-9,15H,6-7,10H2/t15-/m1/s1. The lowest BCUT2D eigenvalue weighted by Gasteiger charge is -2.32. The third kappa shape index (κ3) is 3.20. The number of rotatable bonds is 2. The Kier molecular flexibility index (Phi) is 4.33. The Bertz CT molecular complexity index is 910. The van der Waals surface area contributed by atoms with Crippen molar-refractivity contribution in [2.24, 2.45) is 0 Å². The molecule has 4 rings (SSSR count). The number of hydrogen-bond acceptors (Lipinski definition) is 4. The maximum Gasteiger partial charge on any atom is 0.274 e. The van der Waals surface area contributed by atoms with Crippen molar-refractivity contribution in [3.8, 4) is 0 Å². The molecule has 1 aliphatic rings. The SMILES string of the molecule is O=C(c1cn2cccnc2n1)N1CCO[C@@H](c2ccc(Cl)c(Cl)c2)C1. The van der Waals surface area contributed by atoms with Crippen molar-refractivity contribution in [1.82, 2.24) is 19.3 Å². The fraction of sp³-hybridized carbons (Fsp3) is 0.235. The molecular formula is C17H14Cl2N4O2. The molecule has 1 aromatic carbocycles.